The maximum absolute atomic E-state index is 13.3. The zero-order valence-corrected chi connectivity index (χ0v) is 18.4. The van der Waals surface area contributed by atoms with Crippen LogP contribution in [0.2, 0.25) is 0 Å². The van der Waals surface area contributed by atoms with Gasteiger partial charge in [0, 0.05) is 17.6 Å². The second-order valence-corrected chi connectivity index (χ2v) is 7.91. The number of hydrogen-bond donors (Lipinski definition) is 1. The molecule has 33 heavy (non-hydrogen) atoms. The van der Waals surface area contributed by atoms with E-state index in [0.717, 1.165) is 23.3 Å². The summed E-state index contributed by atoms with van der Waals surface area (Å²) < 4.78 is 40.9. The fourth-order valence-corrected chi connectivity index (χ4v) is 3.85. The largest absolute Gasteiger partial charge is 0.416 e. The third-order valence-corrected chi connectivity index (χ3v) is 5.73. The number of carbonyl (C=O) groups excluding carboxylic acids is 2. The molecular formula is C24H18F3N3O2S. The highest BCUT2D eigenvalue weighted by Gasteiger charge is 2.35. The molecule has 2 aromatic carbocycles. The van der Waals surface area contributed by atoms with Crippen LogP contribution in [0.15, 0.2) is 66.4 Å². The highest BCUT2D eigenvalue weighted by atomic mass is 32.1. The Morgan fingerprint density at radius 3 is 2.45 bits per heavy atom. The average molecular weight is 469 g/mol. The summed E-state index contributed by atoms with van der Waals surface area (Å²) in [5, 5.41) is 2.49. The molecule has 3 aromatic rings. The first kappa shape index (κ1) is 22.5. The number of hydrogen-bond acceptors (Lipinski definition) is 3. The lowest BCUT2D eigenvalue weighted by molar-refractivity contribution is -0.137. The summed E-state index contributed by atoms with van der Waals surface area (Å²) >= 11 is 5.25. The fourth-order valence-electron chi connectivity index (χ4n) is 3.58. The van der Waals surface area contributed by atoms with Gasteiger partial charge in [0.15, 0.2) is 5.11 Å². The molecule has 0 atom stereocenters. The van der Waals surface area contributed by atoms with Gasteiger partial charge in [-0.1, -0.05) is 18.2 Å². The van der Waals surface area contributed by atoms with Crippen molar-refractivity contribution >= 4 is 40.9 Å². The van der Waals surface area contributed by atoms with E-state index in [-0.39, 0.29) is 16.4 Å². The van der Waals surface area contributed by atoms with Crippen LogP contribution in [0, 0.1) is 13.8 Å². The minimum absolute atomic E-state index is 0.0379. The maximum atomic E-state index is 13.3. The van der Waals surface area contributed by atoms with Gasteiger partial charge in [-0.25, -0.2) is 0 Å². The highest BCUT2D eigenvalue weighted by molar-refractivity contribution is 7.80. The normalized spacial score (nSPS) is 15.8. The summed E-state index contributed by atoms with van der Waals surface area (Å²) in [6.07, 6.45) is -1.60. The number of aromatic nitrogens is 1. The Hall–Kier alpha value is -3.72. The Morgan fingerprint density at radius 2 is 1.73 bits per heavy atom. The summed E-state index contributed by atoms with van der Waals surface area (Å²) in [6, 6.07) is 13.4. The molecule has 2 amide bonds. The number of rotatable bonds is 3. The number of aryl methyl sites for hydroxylation is 1. The van der Waals surface area contributed by atoms with Crippen LogP contribution in [0.5, 0.6) is 0 Å². The van der Waals surface area contributed by atoms with Gasteiger partial charge in [-0.3, -0.25) is 19.8 Å². The molecule has 1 saturated heterocycles. The zero-order valence-electron chi connectivity index (χ0n) is 17.6. The van der Waals surface area contributed by atoms with E-state index >= 15 is 0 Å². The second-order valence-electron chi connectivity index (χ2n) is 7.53. The lowest BCUT2D eigenvalue weighted by atomic mass is 10.0. The van der Waals surface area contributed by atoms with Crippen molar-refractivity contribution in [1.82, 2.24) is 9.88 Å². The van der Waals surface area contributed by atoms with E-state index in [1.165, 1.54) is 27.7 Å². The predicted molar refractivity (Wildman–Crippen MR) is 123 cm³/mol. The van der Waals surface area contributed by atoms with E-state index in [9.17, 15) is 22.8 Å². The number of nitrogens with one attached hydrogen (secondary N) is 1. The van der Waals surface area contributed by atoms with Crippen molar-refractivity contribution in [2.24, 2.45) is 0 Å². The van der Waals surface area contributed by atoms with Gasteiger partial charge in [0.1, 0.15) is 5.57 Å². The SMILES string of the molecule is Cc1cccc(N2C(=O)C(=Cc3cccn3-c3cccc(C(F)(F)F)c3)C(=O)NC2=S)c1C. The summed E-state index contributed by atoms with van der Waals surface area (Å²) in [7, 11) is 0. The van der Waals surface area contributed by atoms with Crippen LogP contribution in [0.3, 0.4) is 0 Å². The molecule has 5 nitrogen and oxygen atoms in total. The van der Waals surface area contributed by atoms with Crippen LogP contribution in [0.1, 0.15) is 22.4 Å². The Morgan fingerprint density at radius 1 is 1.00 bits per heavy atom. The molecule has 1 aromatic heterocycles. The van der Waals surface area contributed by atoms with Gasteiger partial charge in [0.25, 0.3) is 11.8 Å². The van der Waals surface area contributed by atoms with Gasteiger partial charge >= 0.3 is 6.18 Å². The van der Waals surface area contributed by atoms with E-state index in [2.05, 4.69) is 5.32 Å². The molecule has 0 saturated carbocycles. The van der Waals surface area contributed by atoms with E-state index in [1.807, 2.05) is 19.9 Å². The minimum Gasteiger partial charge on any atom is -0.317 e. The first-order valence-electron chi connectivity index (χ1n) is 9.90. The van der Waals surface area contributed by atoms with E-state index in [4.69, 9.17) is 12.2 Å². The predicted octanol–water partition coefficient (Wildman–Crippen LogP) is 4.94. The van der Waals surface area contributed by atoms with Crippen molar-refractivity contribution in [2.45, 2.75) is 20.0 Å². The van der Waals surface area contributed by atoms with Crippen molar-refractivity contribution in [3.63, 3.8) is 0 Å². The number of anilines is 1. The molecule has 0 unspecified atom stereocenters. The third-order valence-electron chi connectivity index (χ3n) is 5.44. The van der Waals surface area contributed by atoms with Gasteiger partial charge in [-0.2, -0.15) is 13.2 Å². The molecular weight excluding hydrogens is 451 g/mol. The smallest absolute Gasteiger partial charge is 0.317 e. The molecule has 1 aliphatic heterocycles. The molecule has 1 fully saturated rings. The molecule has 4 rings (SSSR count). The summed E-state index contributed by atoms with van der Waals surface area (Å²) in [4.78, 5) is 27.2. The fraction of sp³-hybridized carbons (Fsp3) is 0.125. The van der Waals surface area contributed by atoms with Crippen molar-refractivity contribution in [3.8, 4) is 5.69 Å². The molecule has 0 spiro atoms. The van der Waals surface area contributed by atoms with Crippen LogP contribution in [0.25, 0.3) is 11.8 Å². The number of amides is 2. The number of halogens is 3. The Balaban J connectivity index is 1.77. The van der Waals surface area contributed by atoms with Gasteiger partial charge in [0.2, 0.25) is 0 Å². The average Bonchev–Trinajstić information content (AvgIpc) is 3.22. The molecule has 0 aliphatic carbocycles. The van der Waals surface area contributed by atoms with Crippen molar-refractivity contribution in [1.29, 1.82) is 0 Å². The first-order valence-corrected chi connectivity index (χ1v) is 10.3. The van der Waals surface area contributed by atoms with Gasteiger partial charge in [-0.05, 0) is 79.7 Å². The maximum Gasteiger partial charge on any atom is 0.416 e. The molecule has 2 heterocycles. The van der Waals surface area contributed by atoms with Crippen molar-refractivity contribution < 1.29 is 22.8 Å². The Bertz CT molecular complexity index is 1320. The number of alkyl halides is 3. The highest BCUT2D eigenvalue weighted by Crippen LogP contribution is 2.31. The van der Waals surface area contributed by atoms with Crippen LogP contribution in [-0.4, -0.2) is 21.5 Å². The van der Waals surface area contributed by atoms with Crippen LogP contribution >= 0.6 is 12.2 Å². The molecule has 0 radical (unpaired) electrons. The number of nitrogens with zero attached hydrogens (tertiary/aromatic N) is 2. The lowest BCUT2D eigenvalue weighted by Gasteiger charge is -2.30. The van der Waals surface area contributed by atoms with E-state index in [0.29, 0.717) is 11.4 Å². The van der Waals surface area contributed by atoms with Gasteiger partial charge < -0.3 is 4.57 Å². The van der Waals surface area contributed by atoms with Gasteiger partial charge in [0.05, 0.1) is 11.3 Å². The Kier molecular flexibility index (Phi) is 5.67. The quantitative estimate of drug-likeness (QED) is 0.336. The van der Waals surface area contributed by atoms with Crippen molar-refractivity contribution in [2.75, 3.05) is 4.90 Å². The summed E-state index contributed by atoms with van der Waals surface area (Å²) in [6.45, 7) is 3.74. The first-order chi connectivity index (χ1) is 15.6. The molecule has 0 bridgehead atoms. The Labute approximate surface area is 193 Å². The van der Waals surface area contributed by atoms with Crippen LogP contribution < -0.4 is 10.2 Å². The number of benzene rings is 2. The molecule has 1 N–H and O–H groups in total. The lowest BCUT2D eigenvalue weighted by Crippen LogP contribution is -2.54. The second kappa shape index (κ2) is 8.32. The summed E-state index contributed by atoms with van der Waals surface area (Å²) in [5.41, 5.74) is 1.94. The number of carbonyl (C=O) groups is 2. The van der Waals surface area contributed by atoms with Crippen LogP contribution in [0.4, 0.5) is 18.9 Å². The van der Waals surface area contributed by atoms with E-state index < -0.39 is 23.6 Å². The number of thiocarbonyl (C=S) groups is 1. The standard InChI is InChI=1S/C24H18F3N3O2S/c1-14-6-3-10-20(15(14)2)30-22(32)19(21(31)28-23(30)33)13-18-9-5-11-29(18)17-8-4-7-16(12-17)24(25,26)27/h3-13H,1-2H3,(H,28,31,33). The molecule has 168 valence electrons. The molecule has 9 heteroatoms. The minimum atomic E-state index is -4.50. The topological polar surface area (TPSA) is 54.3 Å². The third kappa shape index (κ3) is 4.19. The van der Waals surface area contributed by atoms with Crippen molar-refractivity contribution in [3.05, 3.63) is 88.8 Å². The monoisotopic (exact) mass is 469 g/mol. The van der Waals surface area contributed by atoms with E-state index in [1.54, 1.807) is 30.5 Å². The summed E-state index contributed by atoms with van der Waals surface area (Å²) in [5.74, 6) is -1.29. The molecule has 1 aliphatic rings. The zero-order chi connectivity index (χ0) is 23.9. The van der Waals surface area contributed by atoms with Gasteiger partial charge in [-0.15, -0.1) is 0 Å². The van der Waals surface area contributed by atoms with Crippen LogP contribution in [-0.2, 0) is 15.8 Å².